The van der Waals surface area contributed by atoms with Crippen LogP contribution in [0, 0.1) is 0 Å². The van der Waals surface area contributed by atoms with Crippen LogP contribution in [0.5, 0.6) is 0 Å². The summed E-state index contributed by atoms with van der Waals surface area (Å²) in [6.45, 7) is -0.125. The Morgan fingerprint density at radius 1 is 1.23 bits per heavy atom. The highest BCUT2D eigenvalue weighted by Crippen LogP contribution is 2.34. The second-order valence-electron chi connectivity index (χ2n) is 6.27. The van der Waals surface area contributed by atoms with E-state index < -0.39 is 23.6 Å². The zero-order valence-electron chi connectivity index (χ0n) is 15.4. The predicted molar refractivity (Wildman–Crippen MR) is 96.7 cm³/mol. The van der Waals surface area contributed by atoms with Gasteiger partial charge in [-0.15, -0.1) is 0 Å². The van der Waals surface area contributed by atoms with E-state index in [1.807, 2.05) is 0 Å². The third-order valence-electron chi connectivity index (χ3n) is 4.35. The predicted octanol–water partition coefficient (Wildman–Crippen LogP) is 3.21. The molecule has 0 unspecified atom stereocenters. The minimum absolute atomic E-state index is 0.0586. The summed E-state index contributed by atoms with van der Waals surface area (Å²) in [5.41, 5.74) is -0.851. The van der Waals surface area contributed by atoms with E-state index in [1.54, 1.807) is 12.3 Å². The quantitative estimate of drug-likeness (QED) is 0.511. The number of fused-ring (bicyclic) bond motifs is 2. The Bertz CT molecular complexity index is 1280. The number of ether oxygens (including phenoxy) is 1. The van der Waals surface area contributed by atoms with Gasteiger partial charge in [-0.25, -0.2) is 14.3 Å². The van der Waals surface area contributed by atoms with Crippen LogP contribution < -0.4 is 5.32 Å². The molecule has 0 aliphatic rings. The van der Waals surface area contributed by atoms with Gasteiger partial charge >= 0.3 is 12.1 Å². The van der Waals surface area contributed by atoms with Crippen molar-refractivity contribution in [3.63, 3.8) is 0 Å². The lowest BCUT2D eigenvalue weighted by Gasteiger charge is -2.08. The van der Waals surface area contributed by atoms with Crippen LogP contribution >= 0.6 is 0 Å². The first kappa shape index (κ1) is 19.4. The Labute approximate surface area is 166 Å². The number of furan rings is 1. The lowest BCUT2D eigenvalue weighted by Crippen LogP contribution is -2.22. The van der Waals surface area contributed by atoms with Crippen molar-refractivity contribution >= 4 is 28.5 Å². The minimum atomic E-state index is -4.65. The van der Waals surface area contributed by atoms with Crippen molar-refractivity contribution in [2.24, 2.45) is 0 Å². The number of nitrogens with one attached hydrogen (secondary N) is 1. The van der Waals surface area contributed by atoms with Crippen LogP contribution in [0.15, 0.2) is 47.3 Å². The van der Waals surface area contributed by atoms with Crippen LogP contribution in [0.1, 0.15) is 32.0 Å². The van der Waals surface area contributed by atoms with Crippen LogP contribution in [-0.2, 0) is 17.5 Å². The number of benzene rings is 1. The molecule has 3 aromatic heterocycles. The fourth-order valence-corrected chi connectivity index (χ4v) is 2.97. The van der Waals surface area contributed by atoms with Gasteiger partial charge in [0.25, 0.3) is 5.91 Å². The summed E-state index contributed by atoms with van der Waals surface area (Å²) in [7, 11) is 1.06. The largest absolute Gasteiger partial charge is 0.465 e. The number of nitrogens with zero attached hydrogens (tertiary/aromatic N) is 3. The second-order valence-corrected chi connectivity index (χ2v) is 6.27. The zero-order chi connectivity index (χ0) is 21.5. The Morgan fingerprint density at radius 3 is 2.77 bits per heavy atom. The van der Waals surface area contributed by atoms with Gasteiger partial charge in [0.05, 0.1) is 25.4 Å². The average Bonchev–Trinajstić information content (AvgIpc) is 3.33. The number of alkyl halides is 3. The minimum Gasteiger partial charge on any atom is -0.465 e. The van der Waals surface area contributed by atoms with Crippen molar-refractivity contribution in [3.8, 4) is 0 Å². The lowest BCUT2D eigenvalue weighted by atomic mass is 10.1. The van der Waals surface area contributed by atoms with Crippen LogP contribution in [0.25, 0.3) is 16.6 Å². The summed E-state index contributed by atoms with van der Waals surface area (Å²) in [6, 6.07) is 4.52. The number of hydrogen-bond acceptors (Lipinski definition) is 6. The first-order valence-electron chi connectivity index (χ1n) is 8.56. The molecule has 4 aromatic rings. The molecule has 4 rings (SSSR count). The highest BCUT2D eigenvalue weighted by Gasteiger charge is 2.33. The summed E-state index contributed by atoms with van der Waals surface area (Å²) >= 11 is 0. The van der Waals surface area contributed by atoms with Crippen molar-refractivity contribution in [3.05, 3.63) is 65.3 Å². The van der Waals surface area contributed by atoms with E-state index in [9.17, 15) is 22.8 Å². The van der Waals surface area contributed by atoms with Crippen molar-refractivity contribution in [1.29, 1.82) is 0 Å². The van der Waals surface area contributed by atoms with E-state index in [1.165, 1.54) is 23.0 Å². The van der Waals surface area contributed by atoms with E-state index in [0.29, 0.717) is 11.7 Å². The first-order valence-corrected chi connectivity index (χ1v) is 8.56. The van der Waals surface area contributed by atoms with Crippen LogP contribution in [-0.4, -0.2) is 33.6 Å². The molecular weight excluding hydrogens is 405 g/mol. The van der Waals surface area contributed by atoms with Crippen LogP contribution in [0.3, 0.4) is 0 Å². The van der Waals surface area contributed by atoms with Gasteiger partial charge in [0.1, 0.15) is 22.5 Å². The smallest absolute Gasteiger partial charge is 0.416 e. The van der Waals surface area contributed by atoms with Gasteiger partial charge in [-0.1, -0.05) is 0 Å². The summed E-state index contributed by atoms with van der Waals surface area (Å²) in [5, 5.41) is 6.67. The summed E-state index contributed by atoms with van der Waals surface area (Å²) < 4.78 is 51.0. The summed E-state index contributed by atoms with van der Waals surface area (Å²) in [5.74, 6) is -1.30. The lowest BCUT2D eigenvalue weighted by molar-refractivity contribution is -0.137. The number of rotatable bonds is 4. The molecular formula is C19H13F3N4O4. The highest BCUT2D eigenvalue weighted by molar-refractivity contribution is 6.03. The Hall–Kier alpha value is -3.89. The topological polar surface area (TPSA) is 98.7 Å². The molecule has 0 spiro atoms. The third kappa shape index (κ3) is 3.45. The van der Waals surface area contributed by atoms with Gasteiger partial charge in [-0.2, -0.15) is 18.3 Å². The van der Waals surface area contributed by atoms with E-state index in [0.717, 1.165) is 13.2 Å². The fourth-order valence-electron chi connectivity index (χ4n) is 2.97. The van der Waals surface area contributed by atoms with Gasteiger partial charge < -0.3 is 14.5 Å². The third-order valence-corrected chi connectivity index (χ3v) is 4.35. The number of esters is 1. The van der Waals surface area contributed by atoms with Gasteiger partial charge in [-0.3, -0.25) is 4.79 Å². The van der Waals surface area contributed by atoms with Crippen LogP contribution in [0.2, 0.25) is 0 Å². The molecule has 8 nitrogen and oxygen atoms in total. The molecule has 30 heavy (non-hydrogen) atoms. The first-order chi connectivity index (χ1) is 14.3. The average molecular weight is 418 g/mol. The van der Waals surface area contributed by atoms with Crippen molar-refractivity contribution in [1.82, 2.24) is 19.9 Å². The van der Waals surface area contributed by atoms with Gasteiger partial charge in [-0.05, 0) is 24.3 Å². The maximum Gasteiger partial charge on any atom is 0.416 e. The summed E-state index contributed by atoms with van der Waals surface area (Å²) in [6.07, 6.45) is -0.162. The maximum absolute atomic E-state index is 13.2. The zero-order valence-corrected chi connectivity index (χ0v) is 15.4. The molecule has 0 saturated heterocycles. The van der Waals surface area contributed by atoms with Gasteiger partial charge in [0.15, 0.2) is 5.65 Å². The number of aromatic nitrogens is 3. The van der Waals surface area contributed by atoms with E-state index in [-0.39, 0.29) is 34.4 Å². The van der Waals surface area contributed by atoms with Crippen molar-refractivity contribution < 1.29 is 31.9 Å². The number of halogens is 3. The maximum atomic E-state index is 13.2. The second kappa shape index (κ2) is 7.17. The van der Waals surface area contributed by atoms with Crippen molar-refractivity contribution in [2.75, 3.05) is 7.11 Å². The fraction of sp³-hybridized carbons (Fsp3) is 0.158. The molecule has 0 saturated carbocycles. The molecule has 0 atom stereocenters. The Balaban J connectivity index is 1.63. The van der Waals surface area contributed by atoms with Gasteiger partial charge in [0, 0.05) is 17.8 Å². The Kier molecular flexibility index (Phi) is 4.65. The number of carbonyl (C=O) groups is 2. The SMILES string of the molecule is COC(=O)c1cc(C(F)(F)F)cc2cc(CNC(=O)c3cnn4cccnc34)oc12. The van der Waals surface area contributed by atoms with Gasteiger partial charge in [0.2, 0.25) is 0 Å². The molecule has 0 aliphatic heterocycles. The number of amides is 1. The van der Waals surface area contributed by atoms with E-state index in [2.05, 4.69) is 20.1 Å². The molecule has 154 valence electrons. The monoisotopic (exact) mass is 418 g/mol. The molecule has 0 radical (unpaired) electrons. The highest BCUT2D eigenvalue weighted by atomic mass is 19.4. The molecule has 1 amide bonds. The van der Waals surface area contributed by atoms with Crippen LogP contribution in [0.4, 0.5) is 13.2 Å². The number of methoxy groups -OCH3 is 1. The molecule has 1 N–H and O–H groups in total. The molecule has 11 heteroatoms. The Morgan fingerprint density at radius 2 is 2.03 bits per heavy atom. The molecule has 0 fully saturated rings. The number of carbonyl (C=O) groups excluding carboxylic acids is 2. The number of hydrogen-bond donors (Lipinski definition) is 1. The van der Waals surface area contributed by atoms with E-state index >= 15 is 0 Å². The molecule has 1 aromatic carbocycles. The standard InChI is InChI=1S/C19H13F3N4O4/c1-29-18(28)13-7-11(19(20,21)22)5-10-6-12(30-15(10)13)8-24-17(27)14-9-25-26-4-2-3-23-16(14)26/h2-7,9H,8H2,1H3,(H,24,27). The van der Waals surface area contributed by atoms with Crippen molar-refractivity contribution in [2.45, 2.75) is 12.7 Å². The molecule has 3 heterocycles. The van der Waals surface area contributed by atoms with E-state index in [4.69, 9.17) is 4.42 Å². The molecule has 0 bridgehead atoms. The summed E-state index contributed by atoms with van der Waals surface area (Å²) in [4.78, 5) is 28.5. The normalized spacial score (nSPS) is 11.7. The molecule has 0 aliphatic carbocycles.